The van der Waals surface area contributed by atoms with Gasteiger partial charge in [0.15, 0.2) is 5.15 Å². The summed E-state index contributed by atoms with van der Waals surface area (Å²) >= 11 is 6.07. The van der Waals surface area contributed by atoms with Gasteiger partial charge in [-0.2, -0.15) is 0 Å². The van der Waals surface area contributed by atoms with Gasteiger partial charge in [0, 0.05) is 6.20 Å². The van der Waals surface area contributed by atoms with Gasteiger partial charge in [0.1, 0.15) is 5.82 Å². The van der Waals surface area contributed by atoms with Gasteiger partial charge in [0.25, 0.3) is 0 Å². The number of hydrogen-bond acceptors (Lipinski definition) is 2. The van der Waals surface area contributed by atoms with Gasteiger partial charge in [0.2, 0.25) is 0 Å². The average molecular weight is 279 g/mol. The Hall–Kier alpha value is -1.61. The Morgan fingerprint density at radius 2 is 2.16 bits per heavy atom. The number of hydrogen-bond donors (Lipinski definition) is 1. The van der Waals surface area contributed by atoms with Gasteiger partial charge in [0.05, 0.1) is 11.7 Å². The van der Waals surface area contributed by atoms with Crippen LogP contribution >= 0.6 is 11.6 Å². The minimum Gasteiger partial charge on any atom is -0.376 e. The summed E-state index contributed by atoms with van der Waals surface area (Å²) in [6.07, 6.45) is 2.55. The van der Waals surface area contributed by atoms with E-state index in [1.54, 1.807) is 12.3 Å². The number of rotatable bonds is 4. The molecule has 0 aliphatic carbocycles. The monoisotopic (exact) mass is 278 g/mol. The molecule has 0 saturated carbocycles. The molecule has 0 fully saturated rings. The Balaban J connectivity index is 2.26. The first kappa shape index (κ1) is 13.8. The third-order valence-electron chi connectivity index (χ3n) is 2.96. The van der Waals surface area contributed by atoms with E-state index in [0.717, 1.165) is 23.2 Å². The third kappa shape index (κ3) is 3.44. The molecule has 0 saturated heterocycles. The molecule has 1 unspecified atom stereocenters. The van der Waals surface area contributed by atoms with Crippen LogP contribution < -0.4 is 5.32 Å². The highest BCUT2D eigenvalue weighted by Gasteiger charge is 2.12. The molecule has 2 aromatic rings. The summed E-state index contributed by atoms with van der Waals surface area (Å²) in [6.45, 7) is 4.00. The van der Waals surface area contributed by atoms with Crippen molar-refractivity contribution in [2.45, 2.75) is 26.3 Å². The molecule has 1 atom stereocenters. The largest absolute Gasteiger partial charge is 0.376 e. The Bertz CT molecular complexity index is 572. The molecule has 0 radical (unpaired) electrons. The number of nitrogens with zero attached hydrogens (tertiary/aromatic N) is 1. The smallest absolute Gasteiger partial charge is 0.152 e. The van der Waals surface area contributed by atoms with E-state index in [9.17, 15) is 4.39 Å². The van der Waals surface area contributed by atoms with Crippen LogP contribution in [0.5, 0.6) is 0 Å². The number of aryl methyl sites for hydroxylation is 1. The molecule has 19 heavy (non-hydrogen) atoms. The summed E-state index contributed by atoms with van der Waals surface area (Å²) < 4.78 is 13.3. The normalized spacial score (nSPS) is 12.2. The predicted molar refractivity (Wildman–Crippen MR) is 77.0 cm³/mol. The van der Waals surface area contributed by atoms with E-state index >= 15 is 0 Å². The lowest BCUT2D eigenvalue weighted by Crippen LogP contribution is -2.10. The van der Waals surface area contributed by atoms with Crippen molar-refractivity contribution in [3.05, 3.63) is 58.6 Å². The van der Waals surface area contributed by atoms with Crippen molar-refractivity contribution >= 4 is 17.3 Å². The van der Waals surface area contributed by atoms with Gasteiger partial charge in [-0.15, -0.1) is 0 Å². The molecule has 0 amide bonds. The fourth-order valence-corrected chi connectivity index (χ4v) is 2.14. The standard InChI is InChI=1S/C15H16ClFN2/c1-3-13(11-5-4-6-12(17)8-11)19-14-7-10(2)9-18-15(14)16/h4-9,13,19H,3H2,1-2H3. The number of benzene rings is 1. The van der Waals surface area contributed by atoms with E-state index in [0.29, 0.717) is 5.15 Å². The molecule has 2 rings (SSSR count). The molecule has 0 aliphatic heterocycles. The molecule has 0 spiro atoms. The summed E-state index contributed by atoms with van der Waals surface area (Å²) in [4.78, 5) is 4.11. The van der Waals surface area contributed by atoms with Crippen LogP contribution in [-0.2, 0) is 0 Å². The summed E-state index contributed by atoms with van der Waals surface area (Å²) in [6, 6.07) is 8.55. The lowest BCUT2D eigenvalue weighted by molar-refractivity contribution is 0.621. The first-order valence-corrected chi connectivity index (χ1v) is 6.62. The van der Waals surface area contributed by atoms with E-state index in [1.807, 2.05) is 26.0 Å². The Morgan fingerprint density at radius 3 is 2.84 bits per heavy atom. The van der Waals surface area contributed by atoms with Gasteiger partial charge in [-0.3, -0.25) is 0 Å². The topological polar surface area (TPSA) is 24.9 Å². The Morgan fingerprint density at radius 1 is 1.37 bits per heavy atom. The molecule has 1 aromatic carbocycles. The zero-order chi connectivity index (χ0) is 13.8. The predicted octanol–water partition coefficient (Wildman–Crippen LogP) is 4.75. The van der Waals surface area contributed by atoms with E-state index in [2.05, 4.69) is 10.3 Å². The number of nitrogens with one attached hydrogen (secondary N) is 1. The zero-order valence-electron chi connectivity index (χ0n) is 11.0. The molecule has 0 aliphatic rings. The maximum absolute atomic E-state index is 13.3. The van der Waals surface area contributed by atoms with Crippen LogP contribution in [0.4, 0.5) is 10.1 Å². The quantitative estimate of drug-likeness (QED) is 0.817. The third-order valence-corrected chi connectivity index (χ3v) is 3.27. The van der Waals surface area contributed by atoms with Crippen molar-refractivity contribution < 1.29 is 4.39 Å². The average Bonchev–Trinajstić information content (AvgIpc) is 2.39. The highest BCUT2D eigenvalue weighted by atomic mass is 35.5. The number of anilines is 1. The fourth-order valence-electron chi connectivity index (χ4n) is 1.99. The number of halogens is 2. The van der Waals surface area contributed by atoms with Gasteiger partial charge >= 0.3 is 0 Å². The van der Waals surface area contributed by atoms with Gasteiger partial charge in [-0.05, 0) is 42.7 Å². The fraction of sp³-hybridized carbons (Fsp3) is 0.267. The van der Waals surface area contributed by atoms with Crippen molar-refractivity contribution in [3.8, 4) is 0 Å². The zero-order valence-corrected chi connectivity index (χ0v) is 11.7. The van der Waals surface area contributed by atoms with Crippen molar-refractivity contribution in [3.63, 3.8) is 0 Å². The molecule has 1 aromatic heterocycles. The van der Waals surface area contributed by atoms with Crippen molar-refractivity contribution in [1.29, 1.82) is 0 Å². The number of aromatic nitrogens is 1. The first-order valence-electron chi connectivity index (χ1n) is 6.24. The van der Waals surface area contributed by atoms with Crippen LogP contribution in [0, 0.1) is 12.7 Å². The molecule has 100 valence electrons. The second-order valence-corrected chi connectivity index (χ2v) is 4.87. The van der Waals surface area contributed by atoms with Crippen molar-refractivity contribution in [1.82, 2.24) is 4.98 Å². The van der Waals surface area contributed by atoms with Gasteiger partial charge in [-0.25, -0.2) is 9.37 Å². The van der Waals surface area contributed by atoms with Crippen molar-refractivity contribution in [2.24, 2.45) is 0 Å². The highest BCUT2D eigenvalue weighted by molar-refractivity contribution is 6.31. The first-order chi connectivity index (χ1) is 9.10. The molecule has 1 N–H and O–H groups in total. The number of pyridine rings is 1. The lowest BCUT2D eigenvalue weighted by atomic mass is 10.0. The maximum Gasteiger partial charge on any atom is 0.152 e. The van der Waals surface area contributed by atoms with E-state index in [4.69, 9.17) is 11.6 Å². The highest BCUT2D eigenvalue weighted by Crippen LogP contribution is 2.27. The SMILES string of the molecule is CCC(Nc1cc(C)cnc1Cl)c1cccc(F)c1. The van der Waals surface area contributed by atoms with Crippen LogP contribution in [0.25, 0.3) is 0 Å². The molecule has 4 heteroatoms. The summed E-state index contributed by atoms with van der Waals surface area (Å²) in [5, 5.41) is 3.75. The lowest BCUT2D eigenvalue weighted by Gasteiger charge is -2.19. The summed E-state index contributed by atoms with van der Waals surface area (Å²) in [7, 11) is 0. The van der Waals surface area contributed by atoms with Crippen LogP contribution in [0.2, 0.25) is 5.15 Å². The van der Waals surface area contributed by atoms with Crippen LogP contribution in [0.1, 0.15) is 30.5 Å². The molecular weight excluding hydrogens is 263 g/mol. The van der Waals surface area contributed by atoms with E-state index in [-0.39, 0.29) is 11.9 Å². The van der Waals surface area contributed by atoms with Gasteiger partial charge in [-0.1, -0.05) is 30.7 Å². The molecule has 0 bridgehead atoms. The van der Waals surface area contributed by atoms with E-state index < -0.39 is 0 Å². The maximum atomic E-state index is 13.3. The summed E-state index contributed by atoms with van der Waals surface area (Å²) in [5.74, 6) is -0.230. The Kier molecular flexibility index (Phi) is 4.38. The van der Waals surface area contributed by atoms with Crippen LogP contribution in [-0.4, -0.2) is 4.98 Å². The second kappa shape index (κ2) is 6.02. The van der Waals surface area contributed by atoms with Crippen LogP contribution in [0.3, 0.4) is 0 Å². The van der Waals surface area contributed by atoms with Gasteiger partial charge < -0.3 is 5.32 Å². The van der Waals surface area contributed by atoms with E-state index in [1.165, 1.54) is 12.1 Å². The van der Waals surface area contributed by atoms with Crippen LogP contribution in [0.15, 0.2) is 36.5 Å². The minimum atomic E-state index is -0.230. The second-order valence-electron chi connectivity index (χ2n) is 4.51. The summed E-state index contributed by atoms with van der Waals surface area (Å²) in [5.41, 5.74) is 2.71. The molecular formula is C15H16ClFN2. The minimum absolute atomic E-state index is 0.0109. The molecule has 2 nitrogen and oxygen atoms in total. The van der Waals surface area contributed by atoms with Crippen molar-refractivity contribution in [2.75, 3.05) is 5.32 Å². The Labute approximate surface area is 117 Å². The molecule has 1 heterocycles.